The maximum Gasteiger partial charge on any atom is 0.371 e. The number of furan rings is 1. The number of hydrogen-bond donors (Lipinski definition) is 0. The van der Waals surface area contributed by atoms with Gasteiger partial charge in [0.1, 0.15) is 45.5 Å². The number of rotatable bonds is 1. The fourth-order valence-corrected chi connectivity index (χ4v) is 9.19. The van der Waals surface area contributed by atoms with Gasteiger partial charge in [-0.2, -0.15) is 8.97 Å². The third kappa shape index (κ3) is 2.35. The van der Waals surface area contributed by atoms with E-state index in [1.54, 1.807) is 0 Å². The van der Waals surface area contributed by atoms with Crippen LogP contribution >= 0.6 is 0 Å². The van der Waals surface area contributed by atoms with Gasteiger partial charge in [0.25, 0.3) is 0 Å². The first-order chi connectivity index (χ1) is 22.6. The smallest absolute Gasteiger partial charge is 0.371 e. The molecule has 9 aromatic rings. The first-order valence-electron chi connectivity index (χ1n) is 15.9. The summed E-state index contributed by atoms with van der Waals surface area (Å²) in [6.45, 7) is 4.45. The zero-order valence-electron chi connectivity index (χ0n) is 25.1. The molecule has 5 nitrogen and oxygen atoms in total. The van der Waals surface area contributed by atoms with E-state index in [1.165, 1.54) is 66.6 Å². The summed E-state index contributed by atoms with van der Waals surface area (Å²) in [5.41, 5.74) is 13.2. The van der Waals surface area contributed by atoms with Crippen LogP contribution in [0.5, 0.6) is 11.5 Å². The summed E-state index contributed by atoms with van der Waals surface area (Å²) in [6, 6.07) is 37.0. The van der Waals surface area contributed by atoms with Crippen molar-refractivity contribution in [3.05, 3.63) is 138 Å². The lowest BCUT2D eigenvalue weighted by molar-refractivity contribution is -0.950. The lowest BCUT2D eigenvalue weighted by Gasteiger charge is -2.27. The van der Waals surface area contributed by atoms with Crippen LogP contribution in [0.1, 0.15) is 22.3 Å². The fourth-order valence-electron chi connectivity index (χ4n) is 9.19. The molecule has 1 atom stereocenters. The van der Waals surface area contributed by atoms with Gasteiger partial charge in [0, 0.05) is 45.3 Å². The molecule has 0 saturated carbocycles. The van der Waals surface area contributed by atoms with Gasteiger partial charge in [-0.15, -0.1) is 4.57 Å². The molecule has 5 heteroatoms. The normalized spacial score (nSPS) is 16.7. The number of benzene rings is 5. The first kappa shape index (κ1) is 23.4. The SMILES string of the molecule is Cc1cccc(C)c1-c1c[n+]2c3c4c5c(ccc4c4cc6c(cc4n13)oc1ccccc16)Oc1cccc3c1C52[n+]1ccccc1-3. The molecule has 0 radical (unpaired) electrons. The highest BCUT2D eigenvalue weighted by Crippen LogP contribution is 2.58. The van der Waals surface area contributed by atoms with E-state index in [1.807, 2.05) is 6.07 Å². The number of nitrogens with zero attached hydrogens (tertiary/aromatic N) is 3. The molecule has 0 N–H and O–H groups in total. The lowest BCUT2D eigenvalue weighted by Crippen LogP contribution is -2.71. The molecular weight excluding hydrogens is 566 g/mol. The standard InChI is InChI=1S/C41H25N3O2/c1-22-9-7-10-23(2)36(22)31-21-43-40-37-25(27-19-28-24-11-3-4-14-32(24)45-35(28)20-30(27)44(31)40)16-17-34-39(37)41(43)38-26(12-8-15-33(38)46-34)29-13-5-6-18-42(29)41/h3-21H,1-2H3/q+2. The largest absolute Gasteiger partial charge is 0.456 e. The Morgan fingerprint density at radius 3 is 2.39 bits per heavy atom. The Kier molecular flexibility index (Phi) is 3.80. The Bertz CT molecular complexity index is 2910. The minimum Gasteiger partial charge on any atom is -0.456 e. The van der Waals surface area contributed by atoms with E-state index in [0.29, 0.717) is 0 Å². The maximum atomic E-state index is 6.81. The average Bonchev–Trinajstić information content (AvgIpc) is 3.80. The van der Waals surface area contributed by atoms with Crippen LogP contribution in [0.15, 0.2) is 120 Å². The van der Waals surface area contributed by atoms with Gasteiger partial charge in [0.15, 0.2) is 11.9 Å². The molecular formula is C41H25N3O2+2. The second-order valence-electron chi connectivity index (χ2n) is 13.0. The van der Waals surface area contributed by atoms with Gasteiger partial charge in [-0.1, -0.05) is 42.5 Å². The van der Waals surface area contributed by atoms with Crippen LogP contribution in [0.25, 0.3) is 71.8 Å². The topological polar surface area (TPSA) is 34.5 Å². The summed E-state index contributed by atoms with van der Waals surface area (Å²) in [7, 11) is 0. The number of fused-ring (bicyclic) bond motifs is 8. The molecule has 12 rings (SSSR count). The van der Waals surface area contributed by atoms with E-state index < -0.39 is 5.66 Å². The predicted octanol–water partition coefficient (Wildman–Crippen LogP) is 8.70. The monoisotopic (exact) mass is 591 g/mol. The Labute approximate surface area is 262 Å². The van der Waals surface area contributed by atoms with Crippen molar-refractivity contribution in [1.82, 2.24) is 4.40 Å². The van der Waals surface area contributed by atoms with E-state index >= 15 is 0 Å². The zero-order chi connectivity index (χ0) is 30.1. The highest BCUT2D eigenvalue weighted by molar-refractivity contribution is 6.20. The molecule has 214 valence electrons. The minimum atomic E-state index is -0.624. The Hall–Kier alpha value is -5.94. The number of pyridine rings is 2. The average molecular weight is 592 g/mol. The van der Waals surface area contributed by atoms with Gasteiger partial charge in [0.2, 0.25) is 5.69 Å². The summed E-state index contributed by atoms with van der Waals surface area (Å²) in [5.74, 6) is 1.82. The van der Waals surface area contributed by atoms with Crippen molar-refractivity contribution in [2.24, 2.45) is 0 Å². The lowest BCUT2D eigenvalue weighted by atomic mass is 9.85. The molecule has 0 fully saturated rings. The van der Waals surface area contributed by atoms with Gasteiger partial charge < -0.3 is 9.15 Å². The molecule has 7 heterocycles. The van der Waals surface area contributed by atoms with Crippen molar-refractivity contribution < 1.29 is 18.3 Å². The molecule has 3 aliphatic heterocycles. The molecule has 46 heavy (non-hydrogen) atoms. The van der Waals surface area contributed by atoms with Crippen molar-refractivity contribution in [2.45, 2.75) is 19.5 Å². The van der Waals surface area contributed by atoms with Crippen molar-refractivity contribution >= 4 is 49.3 Å². The molecule has 4 aromatic heterocycles. The molecule has 0 saturated heterocycles. The van der Waals surface area contributed by atoms with E-state index in [2.05, 4.69) is 137 Å². The van der Waals surface area contributed by atoms with E-state index in [0.717, 1.165) is 39.0 Å². The highest BCUT2D eigenvalue weighted by Gasteiger charge is 2.68. The van der Waals surface area contributed by atoms with Crippen LogP contribution in [0.3, 0.4) is 0 Å². The summed E-state index contributed by atoms with van der Waals surface area (Å²) in [5, 5.41) is 5.93. The van der Waals surface area contributed by atoms with Gasteiger partial charge in [-0.25, -0.2) is 0 Å². The van der Waals surface area contributed by atoms with Crippen molar-refractivity contribution in [3.63, 3.8) is 0 Å². The second kappa shape index (κ2) is 7.47. The minimum absolute atomic E-state index is 0.624. The van der Waals surface area contributed by atoms with E-state index in [9.17, 15) is 0 Å². The quantitative estimate of drug-likeness (QED) is 0.141. The van der Waals surface area contributed by atoms with Crippen molar-refractivity contribution in [2.75, 3.05) is 0 Å². The summed E-state index contributed by atoms with van der Waals surface area (Å²) in [4.78, 5) is 0. The molecule has 3 aliphatic rings. The number of para-hydroxylation sites is 1. The molecule has 1 unspecified atom stereocenters. The van der Waals surface area contributed by atoms with Crippen LogP contribution in [-0.4, -0.2) is 4.40 Å². The third-order valence-corrected chi connectivity index (χ3v) is 10.9. The Balaban J connectivity index is 1.38. The third-order valence-electron chi connectivity index (χ3n) is 10.9. The van der Waals surface area contributed by atoms with Gasteiger partial charge in [0.05, 0.1) is 10.9 Å². The predicted molar refractivity (Wildman–Crippen MR) is 179 cm³/mol. The van der Waals surface area contributed by atoms with Crippen molar-refractivity contribution in [1.29, 1.82) is 0 Å². The van der Waals surface area contributed by atoms with Crippen LogP contribution in [0.4, 0.5) is 0 Å². The maximum absolute atomic E-state index is 6.81. The summed E-state index contributed by atoms with van der Waals surface area (Å²) >= 11 is 0. The number of imidazole rings is 1. The van der Waals surface area contributed by atoms with Crippen LogP contribution in [-0.2, 0) is 5.66 Å². The Morgan fingerprint density at radius 1 is 0.652 bits per heavy atom. The van der Waals surface area contributed by atoms with Gasteiger partial charge in [-0.05, 0) is 67.4 Å². The van der Waals surface area contributed by atoms with E-state index in [-0.39, 0.29) is 0 Å². The molecule has 1 spiro atoms. The van der Waals surface area contributed by atoms with Gasteiger partial charge in [-0.3, -0.25) is 0 Å². The highest BCUT2D eigenvalue weighted by atomic mass is 16.5. The number of aromatic nitrogens is 3. The number of hydrogen-bond acceptors (Lipinski definition) is 2. The number of ether oxygens (including phenoxy) is 1. The Morgan fingerprint density at radius 2 is 1.48 bits per heavy atom. The van der Waals surface area contributed by atoms with Crippen LogP contribution in [0.2, 0.25) is 0 Å². The molecule has 0 amide bonds. The molecule has 0 bridgehead atoms. The molecule has 5 aromatic carbocycles. The summed E-state index contributed by atoms with van der Waals surface area (Å²) < 4.78 is 20.8. The van der Waals surface area contributed by atoms with E-state index in [4.69, 9.17) is 9.15 Å². The summed E-state index contributed by atoms with van der Waals surface area (Å²) in [6.07, 6.45) is 4.64. The van der Waals surface area contributed by atoms with Crippen LogP contribution < -0.4 is 13.9 Å². The fraction of sp³-hybridized carbons (Fsp3) is 0.0732. The van der Waals surface area contributed by atoms with Crippen LogP contribution in [0, 0.1) is 13.8 Å². The number of aryl methyl sites for hydroxylation is 2. The van der Waals surface area contributed by atoms with Crippen molar-refractivity contribution in [3.8, 4) is 34.0 Å². The zero-order valence-corrected chi connectivity index (χ0v) is 25.1. The molecule has 0 aliphatic carbocycles. The van der Waals surface area contributed by atoms with Gasteiger partial charge >= 0.3 is 11.3 Å². The first-order valence-corrected chi connectivity index (χ1v) is 15.9. The second-order valence-corrected chi connectivity index (χ2v) is 13.0.